The van der Waals surface area contributed by atoms with Crippen LogP contribution in [0.25, 0.3) is 0 Å². The lowest BCUT2D eigenvalue weighted by Crippen LogP contribution is -2.20. The lowest BCUT2D eigenvalue weighted by atomic mass is 10.3. The smallest absolute Gasteiger partial charge is 0.234 e. The van der Waals surface area contributed by atoms with E-state index in [2.05, 4.69) is 10.3 Å². The number of rotatable bonds is 5. The molecule has 0 saturated heterocycles. The van der Waals surface area contributed by atoms with E-state index in [1.807, 2.05) is 6.92 Å². The zero-order valence-corrected chi connectivity index (χ0v) is 10.2. The number of nitrogens with one attached hydrogen (secondary N) is 1. The molecule has 0 aliphatic carbocycles. The average Bonchev–Trinajstić information content (AvgIpc) is 2.27. The van der Waals surface area contributed by atoms with Crippen molar-refractivity contribution in [1.29, 1.82) is 0 Å². The van der Waals surface area contributed by atoms with E-state index in [9.17, 15) is 9.90 Å². The summed E-state index contributed by atoms with van der Waals surface area (Å²) in [6, 6.07) is 3.55. The van der Waals surface area contributed by atoms with E-state index < -0.39 is 6.10 Å². The van der Waals surface area contributed by atoms with E-state index in [-0.39, 0.29) is 11.2 Å². The van der Waals surface area contributed by atoms with Crippen molar-refractivity contribution in [2.75, 3.05) is 11.1 Å². The van der Waals surface area contributed by atoms with Gasteiger partial charge >= 0.3 is 0 Å². The van der Waals surface area contributed by atoms with Crippen LogP contribution in [-0.4, -0.2) is 33.1 Å². The van der Waals surface area contributed by atoms with Gasteiger partial charge in [-0.15, -0.1) is 11.8 Å². The maximum Gasteiger partial charge on any atom is 0.234 e. The molecule has 88 valence electrons. The Morgan fingerprint density at radius 1 is 1.62 bits per heavy atom. The van der Waals surface area contributed by atoms with Crippen LogP contribution in [-0.2, 0) is 4.79 Å². The first-order chi connectivity index (χ1) is 7.59. The van der Waals surface area contributed by atoms with Gasteiger partial charge in [0.05, 0.1) is 23.7 Å². The summed E-state index contributed by atoms with van der Waals surface area (Å²) < 4.78 is 0. The minimum absolute atomic E-state index is 0.0552. The van der Waals surface area contributed by atoms with E-state index in [0.29, 0.717) is 11.4 Å². The number of amides is 1. The fourth-order valence-corrected chi connectivity index (χ4v) is 1.75. The maximum atomic E-state index is 11.5. The summed E-state index contributed by atoms with van der Waals surface area (Å²) in [6.45, 7) is 3.61. The lowest BCUT2D eigenvalue weighted by Gasteiger charge is -2.13. The molecule has 1 rings (SSSR count). The number of anilines is 1. The highest BCUT2D eigenvalue weighted by atomic mass is 32.2. The first kappa shape index (κ1) is 13.0. The van der Waals surface area contributed by atoms with Crippen LogP contribution in [0.5, 0.6) is 0 Å². The van der Waals surface area contributed by atoms with Crippen LogP contribution in [0, 0.1) is 0 Å². The summed E-state index contributed by atoms with van der Waals surface area (Å²) in [5.41, 5.74) is 0.692. The molecule has 1 aromatic heterocycles. The lowest BCUT2D eigenvalue weighted by molar-refractivity contribution is -0.113. The number of aromatic nitrogens is 1. The number of pyridine rings is 1. The second-order valence-corrected chi connectivity index (χ2v) is 4.91. The normalized spacial score (nSPS) is 14.2. The van der Waals surface area contributed by atoms with Crippen molar-refractivity contribution in [3.63, 3.8) is 0 Å². The fraction of sp³-hybridized carbons (Fsp3) is 0.455. The molecule has 0 spiro atoms. The van der Waals surface area contributed by atoms with Crippen LogP contribution in [0.15, 0.2) is 24.5 Å². The second kappa shape index (κ2) is 6.50. The molecule has 1 aromatic rings. The molecule has 0 radical (unpaired) electrons. The van der Waals surface area contributed by atoms with Crippen LogP contribution in [0.3, 0.4) is 0 Å². The summed E-state index contributed by atoms with van der Waals surface area (Å²) >= 11 is 1.43. The topological polar surface area (TPSA) is 62.2 Å². The number of aliphatic hydroxyl groups is 1. The molecule has 1 heterocycles. The quantitative estimate of drug-likeness (QED) is 0.819. The highest BCUT2D eigenvalue weighted by Gasteiger charge is 2.11. The first-order valence-electron chi connectivity index (χ1n) is 5.09. The van der Waals surface area contributed by atoms with Gasteiger partial charge in [0.25, 0.3) is 0 Å². The highest BCUT2D eigenvalue weighted by Crippen LogP contribution is 2.14. The van der Waals surface area contributed by atoms with Gasteiger partial charge in [-0.3, -0.25) is 9.78 Å². The SMILES string of the molecule is C[C@H](SCC(=O)Nc1cccnc1)[C@@H](C)O. The molecule has 0 unspecified atom stereocenters. The minimum atomic E-state index is -0.406. The summed E-state index contributed by atoms with van der Waals surface area (Å²) in [4.78, 5) is 15.4. The number of aliphatic hydroxyl groups excluding tert-OH is 1. The Morgan fingerprint density at radius 3 is 2.94 bits per heavy atom. The largest absolute Gasteiger partial charge is 0.392 e. The predicted molar refractivity (Wildman–Crippen MR) is 66.5 cm³/mol. The van der Waals surface area contributed by atoms with Gasteiger partial charge in [-0.25, -0.2) is 0 Å². The molecule has 0 aliphatic rings. The van der Waals surface area contributed by atoms with Crippen LogP contribution < -0.4 is 5.32 Å². The summed E-state index contributed by atoms with van der Waals surface area (Å²) in [5, 5.41) is 12.0. The van der Waals surface area contributed by atoms with E-state index in [1.165, 1.54) is 11.8 Å². The number of carbonyl (C=O) groups excluding carboxylic acids is 1. The molecule has 0 fully saturated rings. The van der Waals surface area contributed by atoms with Gasteiger partial charge in [0.1, 0.15) is 0 Å². The highest BCUT2D eigenvalue weighted by molar-refractivity contribution is 8.00. The molecule has 2 N–H and O–H groups in total. The van der Waals surface area contributed by atoms with Gasteiger partial charge in [-0.2, -0.15) is 0 Å². The van der Waals surface area contributed by atoms with Crippen molar-refractivity contribution in [3.8, 4) is 0 Å². The molecule has 0 saturated carbocycles. The van der Waals surface area contributed by atoms with E-state index in [0.717, 1.165) is 0 Å². The number of nitrogens with zero attached hydrogens (tertiary/aromatic N) is 1. The van der Waals surface area contributed by atoms with Crippen LogP contribution >= 0.6 is 11.8 Å². The van der Waals surface area contributed by atoms with Crippen molar-refractivity contribution in [2.24, 2.45) is 0 Å². The van der Waals surface area contributed by atoms with Crippen LogP contribution in [0.2, 0.25) is 0 Å². The zero-order valence-electron chi connectivity index (χ0n) is 9.38. The Bertz CT molecular complexity index is 330. The van der Waals surface area contributed by atoms with Gasteiger partial charge in [0, 0.05) is 11.4 Å². The van der Waals surface area contributed by atoms with E-state index in [1.54, 1.807) is 31.5 Å². The van der Waals surface area contributed by atoms with Gasteiger partial charge in [0.2, 0.25) is 5.91 Å². The van der Waals surface area contributed by atoms with E-state index in [4.69, 9.17) is 0 Å². The minimum Gasteiger partial charge on any atom is -0.392 e. The average molecular weight is 240 g/mol. The summed E-state index contributed by atoms with van der Waals surface area (Å²) in [5.74, 6) is 0.256. The number of thioether (sulfide) groups is 1. The Labute approximate surface area is 99.5 Å². The summed E-state index contributed by atoms with van der Waals surface area (Å²) in [7, 11) is 0. The van der Waals surface area contributed by atoms with Gasteiger partial charge < -0.3 is 10.4 Å². The van der Waals surface area contributed by atoms with Crippen LogP contribution in [0.4, 0.5) is 5.69 Å². The monoisotopic (exact) mass is 240 g/mol. The first-order valence-corrected chi connectivity index (χ1v) is 6.14. The molecule has 4 nitrogen and oxygen atoms in total. The number of carbonyl (C=O) groups is 1. The zero-order chi connectivity index (χ0) is 12.0. The third-order valence-corrected chi connectivity index (χ3v) is 3.45. The van der Waals surface area contributed by atoms with E-state index >= 15 is 0 Å². The van der Waals surface area contributed by atoms with Crippen LogP contribution in [0.1, 0.15) is 13.8 Å². The Kier molecular flexibility index (Phi) is 5.28. The standard InChI is InChI=1S/C11H16N2O2S/c1-8(14)9(2)16-7-11(15)13-10-4-3-5-12-6-10/h3-6,8-9,14H,7H2,1-2H3,(H,13,15)/t8-,9+/m1/s1. The molecule has 0 aliphatic heterocycles. The Hall–Kier alpha value is -1.07. The van der Waals surface area contributed by atoms with Crippen molar-refractivity contribution >= 4 is 23.4 Å². The third kappa shape index (κ3) is 4.63. The number of hydrogen-bond acceptors (Lipinski definition) is 4. The van der Waals surface area contributed by atoms with Gasteiger partial charge in [-0.1, -0.05) is 6.92 Å². The molecule has 16 heavy (non-hydrogen) atoms. The molecule has 5 heteroatoms. The Balaban J connectivity index is 2.32. The number of hydrogen-bond donors (Lipinski definition) is 2. The van der Waals surface area contributed by atoms with Crippen molar-refractivity contribution in [3.05, 3.63) is 24.5 Å². The van der Waals surface area contributed by atoms with Crippen molar-refractivity contribution in [1.82, 2.24) is 4.98 Å². The third-order valence-electron chi connectivity index (χ3n) is 2.10. The van der Waals surface area contributed by atoms with Gasteiger partial charge in [0.15, 0.2) is 0 Å². The molecule has 2 atom stereocenters. The molecular weight excluding hydrogens is 224 g/mol. The molecule has 0 aromatic carbocycles. The molecular formula is C11H16N2O2S. The van der Waals surface area contributed by atoms with Crippen molar-refractivity contribution < 1.29 is 9.90 Å². The second-order valence-electron chi connectivity index (χ2n) is 3.55. The maximum absolute atomic E-state index is 11.5. The fourth-order valence-electron chi connectivity index (χ4n) is 0.980. The predicted octanol–water partition coefficient (Wildman–Crippen LogP) is 1.52. The molecule has 1 amide bonds. The van der Waals surface area contributed by atoms with Crippen molar-refractivity contribution in [2.45, 2.75) is 25.2 Å². The van der Waals surface area contributed by atoms with Gasteiger partial charge in [-0.05, 0) is 19.1 Å². The Morgan fingerprint density at radius 2 is 2.38 bits per heavy atom. The molecule has 0 bridgehead atoms. The summed E-state index contributed by atoms with van der Waals surface area (Å²) in [6.07, 6.45) is 2.84.